The number of ether oxygens (including phenoxy) is 1. The lowest BCUT2D eigenvalue weighted by atomic mass is 10.5. The summed E-state index contributed by atoms with van der Waals surface area (Å²) in [7, 11) is 1.03. The Morgan fingerprint density at radius 1 is 1.42 bits per heavy atom. The van der Waals surface area contributed by atoms with E-state index in [2.05, 4.69) is 4.74 Å². The van der Waals surface area contributed by atoms with Gasteiger partial charge in [-0.05, 0) is 0 Å². The topological polar surface area (TPSA) is 92.7 Å². The van der Waals surface area contributed by atoms with E-state index in [0.717, 1.165) is 7.11 Å². The smallest absolute Gasteiger partial charge is 0.396 e. The first-order chi connectivity index (χ1) is 5.07. The van der Waals surface area contributed by atoms with Crippen molar-refractivity contribution < 1.29 is 24.2 Å². The number of hydrogen-bond acceptors (Lipinski definition) is 4. The van der Waals surface area contributed by atoms with E-state index in [1.165, 1.54) is 0 Å². The molecule has 0 atom stereocenters. The largest absolute Gasteiger partial charge is 0.480 e. The van der Waals surface area contributed by atoms with Gasteiger partial charge in [-0.15, -0.1) is 0 Å². The van der Waals surface area contributed by atoms with Gasteiger partial charge in [-0.3, -0.25) is 9.59 Å². The average molecular weight is 177 g/mol. The molecule has 0 saturated heterocycles. The second kappa shape index (κ2) is 6.14. The SMILES string of the molecule is C.COC(=O)C(=O)NCC(=O)O. The summed E-state index contributed by atoms with van der Waals surface area (Å²) < 4.78 is 4.00. The van der Waals surface area contributed by atoms with Crippen LogP contribution in [0.4, 0.5) is 0 Å². The van der Waals surface area contributed by atoms with Gasteiger partial charge in [0.05, 0.1) is 7.11 Å². The van der Waals surface area contributed by atoms with Gasteiger partial charge in [0, 0.05) is 0 Å². The molecule has 6 nitrogen and oxygen atoms in total. The van der Waals surface area contributed by atoms with Crippen molar-refractivity contribution in [1.29, 1.82) is 0 Å². The lowest BCUT2D eigenvalue weighted by Crippen LogP contribution is -2.35. The van der Waals surface area contributed by atoms with Crippen molar-refractivity contribution in [2.45, 2.75) is 7.43 Å². The van der Waals surface area contributed by atoms with E-state index in [9.17, 15) is 14.4 Å². The molecule has 0 aliphatic rings. The molecule has 2 N–H and O–H groups in total. The molecule has 0 fully saturated rings. The molecule has 0 aromatic rings. The van der Waals surface area contributed by atoms with E-state index in [1.54, 1.807) is 0 Å². The predicted molar refractivity (Wildman–Crippen MR) is 39.4 cm³/mol. The molecule has 70 valence electrons. The minimum Gasteiger partial charge on any atom is -0.480 e. The minimum absolute atomic E-state index is 0. The molecule has 0 heterocycles. The van der Waals surface area contributed by atoms with E-state index in [-0.39, 0.29) is 7.43 Å². The molecule has 12 heavy (non-hydrogen) atoms. The van der Waals surface area contributed by atoms with Gasteiger partial charge in [0.1, 0.15) is 6.54 Å². The number of methoxy groups -OCH3 is 1. The minimum atomic E-state index is -1.22. The van der Waals surface area contributed by atoms with Gasteiger partial charge in [0.15, 0.2) is 0 Å². The fraction of sp³-hybridized carbons (Fsp3) is 0.500. The van der Waals surface area contributed by atoms with Crippen molar-refractivity contribution in [3.63, 3.8) is 0 Å². The lowest BCUT2D eigenvalue weighted by molar-refractivity contribution is -0.153. The van der Waals surface area contributed by atoms with Crippen molar-refractivity contribution in [2.24, 2.45) is 0 Å². The van der Waals surface area contributed by atoms with Crippen LogP contribution in [0.15, 0.2) is 0 Å². The summed E-state index contributed by atoms with van der Waals surface area (Å²) in [5.74, 6) is -3.39. The first kappa shape index (κ1) is 13.0. The Hall–Kier alpha value is -1.59. The van der Waals surface area contributed by atoms with Crippen LogP contribution in [0.3, 0.4) is 0 Å². The zero-order chi connectivity index (χ0) is 8.85. The van der Waals surface area contributed by atoms with Crippen molar-refractivity contribution in [3.8, 4) is 0 Å². The quantitative estimate of drug-likeness (QED) is 0.416. The monoisotopic (exact) mass is 177 g/mol. The molecule has 0 aliphatic carbocycles. The molecule has 0 rings (SSSR count). The fourth-order valence-corrected chi connectivity index (χ4v) is 0.321. The van der Waals surface area contributed by atoms with E-state index >= 15 is 0 Å². The van der Waals surface area contributed by atoms with Gasteiger partial charge >= 0.3 is 17.8 Å². The number of carbonyl (C=O) groups excluding carboxylic acids is 2. The third-order valence-electron chi connectivity index (χ3n) is 0.771. The van der Waals surface area contributed by atoms with Gasteiger partial charge in [-0.25, -0.2) is 4.79 Å². The van der Waals surface area contributed by atoms with Crippen LogP contribution in [0.2, 0.25) is 0 Å². The molecule has 0 aliphatic heterocycles. The number of rotatable bonds is 2. The maximum Gasteiger partial charge on any atom is 0.396 e. The number of carboxylic acid groups (broad SMARTS) is 1. The highest BCUT2D eigenvalue weighted by Gasteiger charge is 2.13. The van der Waals surface area contributed by atoms with E-state index in [4.69, 9.17) is 5.11 Å². The Balaban J connectivity index is 0. The summed E-state index contributed by atoms with van der Waals surface area (Å²) in [4.78, 5) is 30.6. The van der Waals surface area contributed by atoms with Crippen molar-refractivity contribution >= 4 is 17.8 Å². The van der Waals surface area contributed by atoms with Gasteiger partial charge in [0.2, 0.25) is 0 Å². The molecule has 6 heteroatoms. The molecule has 0 spiro atoms. The molecule has 0 unspecified atom stereocenters. The summed E-state index contributed by atoms with van der Waals surface area (Å²) >= 11 is 0. The zero-order valence-electron chi connectivity index (χ0n) is 5.79. The van der Waals surface area contributed by atoms with Crippen molar-refractivity contribution in [1.82, 2.24) is 5.32 Å². The van der Waals surface area contributed by atoms with Crippen molar-refractivity contribution in [3.05, 3.63) is 0 Å². The van der Waals surface area contributed by atoms with Crippen LogP contribution in [-0.4, -0.2) is 36.6 Å². The maximum absolute atomic E-state index is 10.4. The van der Waals surface area contributed by atoms with Gasteiger partial charge in [-0.2, -0.15) is 0 Å². The Bertz CT molecular complexity index is 188. The summed E-state index contributed by atoms with van der Waals surface area (Å²) in [5, 5.41) is 9.87. The summed E-state index contributed by atoms with van der Waals surface area (Å²) in [6.45, 7) is -0.589. The number of hydrogen-bond donors (Lipinski definition) is 2. The number of aliphatic carboxylic acids is 1. The summed E-state index contributed by atoms with van der Waals surface area (Å²) in [6, 6.07) is 0. The normalized spacial score (nSPS) is 7.75. The third kappa shape index (κ3) is 5.21. The molecular weight excluding hydrogens is 166 g/mol. The number of amides is 1. The standard InChI is InChI=1S/C5H7NO5.CH4/c1-11-5(10)4(9)6-2-3(7)8;/h2H2,1H3,(H,6,9)(H,7,8);1H4. The van der Waals surface area contributed by atoms with E-state index < -0.39 is 24.4 Å². The highest BCUT2D eigenvalue weighted by Crippen LogP contribution is 1.72. The number of carboxylic acids is 1. The molecule has 1 amide bonds. The summed E-state index contributed by atoms with van der Waals surface area (Å²) in [6.07, 6.45) is 0. The Kier molecular flexibility index (Phi) is 6.67. The van der Waals surface area contributed by atoms with E-state index in [1.807, 2.05) is 5.32 Å². The Morgan fingerprint density at radius 2 is 1.92 bits per heavy atom. The number of esters is 1. The number of carbonyl (C=O) groups is 3. The molecule has 0 bridgehead atoms. The Morgan fingerprint density at radius 3 is 2.25 bits per heavy atom. The molecule has 0 saturated carbocycles. The van der Waals surface area contributed by atoms with Crippen LogP contribution in [0.1, 0.15) is 7.43 Å². The summed E-state index contributed by atoms with van der Waals surface area (Å²) in [5.41, 5.74) is 0. The molecule has 0 aromatic heterocycles. The van der Waals surface area contributed by atoms with E-state index in [0.29, 0.717) is 0 Å². The van der Waals surface area contributed by atoms with Gasteiger partial charge in [0.25, 0.3) is 0 Å². The maximum atomic E-state index is 10.4. The lowest BCUT2D eigenvalue weighted by Gasteiger charge is -1.97. The van der Waals surface area contributed by atoms with Crippen molar-refractivity contribution in [2.75, 3.05) is 13.7 Å². The molecular formula is C6H11NO5. The van der Waals surface area contributed by atoms with Crippen LogP contribution in [0.25, 0.3) is 0 Å². The predicted octanol–water partition coefficient (Wildman–Crippen LogP) is -1.00. The van der Waals surface area contributed by atoms with Gasteiger partial charge < -0.3 is 15.2 Å². The van der Waals surface area contributed by atoms with Crippen LogP contribution in [-0.2, 0) is 19.1 Å². The zero-order valence-corrected chi connectivity index (χ0v) is 5.79. The van der Waals surface area contributed by atoms with Crippen LogP contribution in [0.5, 0.6) is 0 Å². The second-order valence-corrected chi connectivity index (χ2v) is 1.57. The highest BCUT2D eigenvalue weighted by molar-refractivity contribution is 6.32. The number of nitrogens with one attached hydrogen (secondary N) is 1. The van der Waals surface area contributed by atoms with Crippen LogP contribution >= 0.6 is 0 Å². The second-order valence-electron chi connectivity index (χ2n) is 1.57. The fourth-order valence-electron chi connectivity index (χ4n) is 0.321. The first-order valence-electron chi connectivity index (χ1n) is 2.66. The first-order valence-corrected chi connectivity index (χ1v) is 2.66. The molecule has 0 aromatic carbocycles. The van der Waals surface area contributed by atoms with Gasteiger partial charge in [-0.1, -0.05) is 7.43 Å². The van der Waals surface area contributed by atoms with Crippen LogP contribution < -0.4 is 5.32 Å². The van der Waals surface area contributed by atoms with Crippen LogP contribution in [0, 0.1) is 0 Å². The highest BCUT2D eigenvalue weighted by atomic mass is 16.5. The Labute approximate surface area is 69.5 Å². The molecule has 0 radical (unpaired) electrons. The average Bonchev–Trinajstić information content (AvgIpc) is 1.98. The third-order valence-corrected chi connectivity index (χ3v) is 0.771.